The van der Waals surface area contributed by atoms with Gasteiger partial charge in [0.15, 0.2) is 0 Å². The molecule has 2 fully saturated rings. The molecule has 0 spiro atoms. The molecule has 0 unspecified atom stereocenters. The van der Waals surface area contributed by atoms with E-state index in [2.05, 4.69) is 14.7 Å². The Labute approximate surface area is 160 Å². The van der Waals surface area contributed by atoms with Gasteiger partial charge >= 0.3 is 0 Å². The Morgan fingerprint density at radius 2 is 2.04 bits per heavy atom. The quantitative estimate of drug-likeness (QED) is 0.749. The van der Waals surface area contributed by atoms with Crippen molar-refractivity contribution in [2.75, 3.05) is 44.3 Å². The van der Waals surface area contributed by atoms with Gasteiger partial charge in [0.05, 0.1) is 30.8 Å². The summed E-state index contributed by atoms with van der Waals surface area (Å²) in [5.41, 5.74) is 0.481. The van der Waals surface area contributed by atoms with E-state index in [4.69, 9.17) is 4.74 Å². The average molecular weight is 400 g/mol. The zero-order valence-electron chi connectivity index (χ0n) is 16.2. The average Bonchev–Trinajstić information content (AvgIpc) is 3.21. The lowest BCUT2D eigenvalue weighted by Gasteiger charge is -2.39. The fourth-order valence-electron chi connectivity index (χ4n) is 4.23. The number of carbonyl (C=O) groups excluding carboxylic acids is 1. The molecular formula is C17H29N5O4S. The van der Waals surface area contributed by atoms with Gasteiger partial charge in [-0.05, 0) is 19.3 Å². The van der Waals surface area contributed by atoms with Gasteiger partial charge in [-0.3, -0.25) is 19.1 Å². The monoisotopic (exact) mass is 399 g/mol. The molecule has 3 heterocycles. The smallest absolute Gasteiger partial charge is 0.229 e. The highest BCUT2D eigenvalue weighted by atomic mass is 32.2. The number of hydrogen-bond donors (Lipinski definition) is 1. The van der Waals surface area contributed by atoms with Gasteiger partial charge in [0, 0.05) is 51.9 Å². The third-order valence-electron chi connectivity index (χ3n) is 5.45. The summed E-state index contributed by atoms with van der Waals surface area (Å²) in [4.78, 5) is 16.0. The standard InChI is InChI=1S/C17H29N5O4S/c1-13(23)20-6-4-15(5-7-20)21-11-16(8-17(21)12-26-2)22-10-14(9-18-22)19-27(3,24)25/h9-10,15-17,19H,4-8,11-12H2,1-3H3/t16-,17-/m0/s1. The largest absolute Gasteiger partial charge is 0.383 e. The Bertz CT molecular complexity index is 757. The third-order valence-corrected chi connectivity index (χ3v) is 6.06. The minimum atomic E-state index is -3.31. The number of anilines is 1. The van der Waals surface area contributed by atoms with Gasteiger partial charge in [-0.2, -0.15) is 5.10 Å². The first-order valence-corrected chi connectivity index (χ1v) is 11.2. The van der Waals surface area contributed by atoms with Crippen molar-refractivity contribution in [1.82, 2.24) is 19.6 Å². The molecule has 2 saturated heterocycles. The van der Waals surface area contributed by atoms with E-state index >= 15 is 0 Å². The number of sulfonamides is 1. The summed E-state index contributed by atoms with van der Waals surface area (Å²) in [6.07, 6.45) is 7.25. The van der Waals surface area contributed by atoms with Gasteiger partial charge in [0.2, 0.25) is 15.9 Å². The first kappa shape index (κ1) is 20.1. The van der Waals surface area contributed by atoms with Crippen LogP contribution in [0.25, 0.3) is 0 Å². The van der Waals surface area contributed by atoms with Crippen LogP contribution in [0, 0.1) is 0 Å². The van der Waals surface area contributed by atoms with Crippen molar-refractivity contribution < 1.29 is 17.9 Å². The molecule has 2 atom stereocenters. The Morgan fingerprint density at radius 3 is 2.63 bits per heavy atom. The molecule has 9 nitrogen and oxygen atoms in total. The summed E-state index contributed by atoms with van der Waals surface area (Å²) in [7, 11) is -1.60. The van der Waals surface area contributed by atoms with Gasteiger partial charge in [-0.1, -0.05) is 0 Å². The number of ether oxygens (including phenoxy) is 1. The molecule has 1 amide bonds. The number of nitrogens with one attached hydrogen (secondary N) is 1. The molecule has 0 aliphatic carbocycles. The lowest BCUT2D eigenvalue weighted by atomic mass is 10.0. The molecule has 2 aliphatic rings. The van der Waals surface area contributed by atoms with Crippen molar-refractivity contribution >= 4 is 21.6 Å². The first-order valence-electron chi connectivity index (χ1n) is 9.29. The van der Waals surface area contributed by atoms with Crippen LogP contribution in [0.2, 0.25) is 0 Å². The lowest BCUT2D eigenvalue weighted by Crippen LogP contribution is -2.48. The van der Waals surface area contributed by atoms with Crippen LogP contribution >= 0.6 is 0 Å². The topological polar surface area (TPSA) is 96.8 Å². The minimum Gasteiger partial charge on any atom is -0.383 e. The summed E-state index contributed by atoms with van der Waals surface area (Å²) in [5.74, 6) is 0.142. The second kappa shape index (κ2) is 8.15. The number of nitrogens with zero attached hydrogens (tertiary/aromatic N) is 4. The molecule has 0 radical (unpaired) electrons. The Balaban J connectivity index is 1.67. The van der Waals surface area contributed by atoms with Gasteiger partial charge in [-0.15, -0.1) is 0 Å². The number of methoxy groups -OCH3 is 1. The second-order valence-electron chi connectivity index (χ2n) is 7.52. The van der Waals surface area contributed by atoms with E-state index in [1.54, 1.807) is 26.4 Å². The number of likely N-dealkylation sites (tertiary alicyclic amines) is 2. The van der Waals surface area contributed by atoms with Gasteiger partial charge < -0.3 is 9.64 Å². The maximum atomic E-state index is 11.6. The molecule has 1 aromatic heterocycles. The zero-order chi connectivity index (χ0) is 19.6. The molecular weight excluding hydrogens is 370 g/mol. The normalized spacial score (nSPS) is 25.1. The van der Waals surface area contributed by atoms with Crippen molar-refractivity contribution in [3.63, 3.8) is 0 Å². The number of aromatic nitrogens is 2. The molecule has 1 N–H and O–H groups in total. The molecule has 2 aliphatic heterocycles. The Morgan fingerprint density at radius 1 is 1.33 bits per heavy atom. The Kier molecular flexibility index (Phi) is 6.07. The van der Waals surface area contributed by atoms with E-state index in [-0.39, 0.29) is 11.9 Å². The van der Waals surface area contributed by atoms with E-state index in [9.17, 15) is 13.2 Å². The molecule has 0 bridgehead atoms. The summed E-state index contributed by atoms with van der Waals surface area (Å²) in [6, 6.07) is 0.894. The molecule has 3 rings (SSSR count). The van der Waals surface area contributed by atoms with Crippen LogP contribution in [0.1, 0.15) is 32.2 Å². The fraction of sp³-hybridized carbons (Fsp3) is 0.765. The van der Waals surface area contributed by atoms with Gasteiger partial charge in [0.1, 0.15) is 0 Å². The maximum Gasteiger partial charge on any atom is 0.229 e. The van der Waals surface area contributed by atoms with Crippen molar-refractivity contribution in [1.29, 1.82) is 0 Å². The summed E-state index contributed by atoms with van der Waals surface area (Å²) >= 11 is 0. The fourth-order valence-corrected chi connectivity index (χ4v) is 4.76. The Hall–Kier alpha value is -1.65. The molecule has 0 aromatic carbocycles. The number of piperidine rings is 1. The van der Waals surface area contributed by atoms with Crippen LogP contribution in [0.3, 0.4) is 0 Å². The van der Waals surface area contributed by atoms with Crippen molar-refractivity contribution in [2.24, 2.45) is 0 Å². The van der Waals surface area contributed by atoms with Crippen LogP contribution in [0.4, 0.5) is 5.69 Å². The predicted molar refractivity (Wildman–Crippen MR) is 102 cm³/mol. The molecule has 1 aromatic rings. The van der Waals surface area contributed by atoms with Crippen molar-refractivity contribution in [3.8, 4) is 0 Å². The van der Waals surface area contributed by atoms with E-state index in [0.717, 1.165) is 45.2 Å². The van der Waals surface area contributed by atoms with Crippen molar-refractivity contribution in [2.45, 2.75) is 44.3 Å². The third kappa shape index (κ3) is 4.99. The van der Waals surface area contributed by atoms with Crippen LogP contribution in [-0.4, -0.2) is 85.6 Å². The maximum absolute atomic E-state index is 11.6. The highest BCUT2D eigenvalue weighted by Crippen LogP contribution is 2.32. The number of carbonyl (C=O) groups is 1. The van der Waals surface area contributed by atoms with E-state index in [1.807, 2.05) is 9.58 Å². The molecule has 27 heavy (non-hydrogen) atoms. The van der Waals surface area contributed by atoms with Crippen LogP contribution in [0.5, 0.6) is 0 Å². The van der Waals surface area contributed by atoms with Gasteiger partial charge in [-0.25, -0.2) is 8.42 Å². The summed E-state index contributed by atoms with van der Waals surface area (Å²) in [6.45, 7) is 4.72. The van der Waals surface area contributed by atoms with Crippen molar-refractivity contribution in [3.05, 3.63) is 12.4 Å². The van der Waals surface area contributed by atoms with Crippen LogP contribution in [0.15, 0.2) is 12.4 Å². The number of amides is 1. The lowest BCUT2D eigenvalue weighted by molar-refractivity contribution is -0.130. The van der Waals surface area contributed by atoms with E-state index < -0.39 is 10.0 Å². The molecule has 152 valence electrons. The van der Waals surface area contributed by atoms with Crippen LogP contribution < -0.4 is 4.72 Å². The minimum absolute atomic E-state index is 0.142. The van der Waals surface area contributed by atoms with E-state index in [1.165, 1.54) is 0 Å². The van der Waals surface area contributed by atoms with Gasteiger partial charge in [0.25, 0.3) is 0 Å². The SMILES string of the molecule is COC[C@@H]1C[C@H](n2cc(NS(C)(=O)=O)cn2)CN1C1CCN(C(C)=O)CC1. The zero-order valence-corrected chi connectivity index (χ0v) is 17.0. The number of hydrogen-bond acceptors (Lipinski definition) is 6. The highest BCUT2D eigenvalue weighted by Gasteiger charge is 2.38. The summed E-state index contributed by atoms with van der Waals surface area (Å²) < 4.78 is 32.5. The second-order valence-corrected chi connectivity index (χ2v) is 9.26. The predicted octanol–water partition coefficient (Wildman–Crippen LogP) is 0.527. The molecule has 0 saturated carbocycles. The highest BCUT2D eigenvalue weighted by molar-refractivity contribution is 7.92. The van der Waals surface area contributed by atoms with Crippen LogP contribution in [-0.2, 0) is 19.6 Å². The first-order chi connectivity index (χ1) is 12.8. The summed E-state index contributed by atoms with van der Waals surface area (Å²) in [5, 5.41) is 4.36. The number of rotatable bonds is 6. The van der Waals surface area contributed by atoms with E-state index in [0.29, 0.717) is 24.4 Å². The molecule has 10 heteroatoms.